The summed E-state index contributed by atoms with van der Waals surface area (Å²) < 4.78 is 5.45. The number of thioether (sulfide) groups is 1. The topological polar surface area (TPSA) is 26.3 Å². The van der Waals surface area contributed by atoms with Crippen LogP contribution in [0.5, 0.6) is 5.75 Å². The minimum Gasteiger partial charge on any atom is -0.489 e. The van der Waals surface area contributed by atoms with Gasteiger partial charge in [-0.25, -0.2) is 0 Å². The van der Waals surface area contributed by atoms with Crippen molar-refractivity contribution in [1.82, 2.24) is 0 Å². The molecular weight excluding hydrogens is 244 g/mol. The molecule has 0 aliphatic heterocycles. The van der Waals surface area contributed by atoms with Gasteiger partial charge in [0.05, 0.1) is 5.56 Å². The van der Waals surface area contributed by atoms with Gasteiger partial charge in [0, 0.05) is 12.2 Å². The van der Waals surface area contributed by atoms with E-state index in [1.165, 1.54) is 11.8 Å². The van der Waals surface area contributed by atoms with E-state index in [2.05, 4.69) is 12.5 Å². The molecule has 0 saturated heterocycles. The molecule has 1 aromatic rings. The van der Waals surface area contributed by atoms with Crippen LogP contribution in [0.25, 0.3) is 0 Å². The van der Waals surface area contributed by atoms with Crippen molar-refractivity contribution < 1.29 is 9.53 Å². The predicted octanol–water partition coefficient (Wildman–Crippen LogP) is 3.54. The van der Waals surface area contributed by atoms with Gasteiger partial charge in [0.15, 0.2) is 0 Å². The molecule has 2 nitrogen and oxygen atoms in total. The summed E-state index contributed by atoms with van der Waals surface area (Å²) in [7, 11) is 0. The highest BCUT2D eigenvalue weighted by Crippen LogP contribution is 2.23. The molecule has 0 heterocycles. The van der Waals surface area contributed by atoms with Gasteiger partial charge in [-0.1, -0.05) is 36.5 Å². The van der Waals surface area contributed by atoms with Crippen LogP contribution in [-0.4, -0.2) is 17.5 Å². The first-order chi connectivity index (χ1) is 8.79. The van der Waals surface area contributed by atoms with E-state index in [4.69, 9.17) is 11.2 Å². The third kappa shape index (κ3) is 4.68. The fourth-order valence-electron chi connectivity index (χ4n) is 1.33. The number of ether oxygens (including phenoxy) is 1. The molecule has 0 amide bonds. The van der Waals surface area contributed by atoms with Crippen LogP contribution in [0.3, 0.4) is 0 Å². The van der Waals surface area contributed by atoms with Gasteiger partial charge >= 0.3 is 0 Å². The summed E-state index contributed by atoms with van der Waals surface area (Å²) in [6.45, 7) is 3.98. The Labute approximate surface area is 112 Å². The van der Waals surface area contributed by atoms with E-state index < -0.39 is 0 Å². The average molecular weight is 260 g/mol. The number of benzene rings is 1. The van der Waals surface area contributed by atoms with Crippen LogP contribution in [0.15, 0.2) is 36.9 Å². The Bertz CT molecular complexity index is 446. The summed E-state index contributed by atoms with van der Waals surface area (Å²) in [6.07, 6.45) is 8.37. The Balaban J connectivity index is 2.61. The van der Waals surface area contributed by atoms with Crippen LogP contribution < -0.4 is 4.74 Å². The fraction of sp³-hybridized carbons (Fsp3) is 0.267. The van der Waals surface area contributed by atoms with E-state index in [1.54, 1.807) is 18.2 Å². The summed E-state index contributed by atoms with van der Waals surface area (Å²) in [4.78, 5) is 12.0. The van der Waals surface area contributed by atoms with Crippen LogP contribution in [0.4, 0.5) is 0 Å². The normalized spacial score (nSPS) is 9.50. The molecule has 0 atom stereocenters. The van der Waals surface area contributed by atoms with Gasteiger partial charge < -0.3 is 4.74 Å². The summed E-state index contributed by atoms with van der Waals surface area (Å²) >= 11 is 1.28. The summed E-state index contributed by atoms with van der Waals surface area (Å²) in [5.41, 5.74) is 0.602. The van der Waals surface area contributed by atoms with Crippen molar-refractivity contribution in [2.24, 2.45) is 0 Å². The minimum atomic E-state index is 0.0201. The number of carbonyl (C=O) groups is 1. The molecule has 0 bridgehead atoms. The van der Waals surface area contributed by atoms with Crippen molar-refractivity contribution in [2.75, 3.05) is 12.4 Å². The fourth-order valence-corrected chi connectivity index (χ4v) is 2.12. The maximum Gasteiger partial charge on any atom is 0.223 e. The van der Waals surface area contributed by atoms with Crippen LogP contribution in [0.1, 0.15) is 23.2 Å². The summed E-state index contributed by atoms with van der Waals surface area (Å²) in [5.74, 6) is 3.90. The number of unbranched alkanes of at least 4 members (excludes halogenated alkanes) is 1. The van der Waals surface area contributed by atoms with Gasteiger partial charge in [-0.05, 0) is 18.6 Å². The standard InChI is InChI=1S/C15H16O2S/c1-3-5-8-12-18-15(16)13-9-6-7-10-14(13)17-11-4-2/h1,4,6-7,9-10H,2,5,8,11-12H2. The lowest BCUT2D eigenvalue weighted by Gasteiger charge is -2.08. The molecule has 0 unspecified atom stereocenters. The highest BCUT2D eigenvalue weighted by atomic mass is 32.2. The molecule has 1 aromatic carbocycles. The third-order valence-corrected chi connectivity index (χ3v) is 3.14. The second-order valence-electron chi connectivity index (χ2n) is 3.54. The van der Waals surface area contributed by atoms with E-state index in [1.807, 2.05) is 12.1 Å². The molecule has 1 rings (SSSR count). The van der Waals surface area contributed by atoms with Crippen LogP contribution in [0.2, 0.25) is 0 Å². The molecule has 0 fully saturated rings. The first-order valence-corrected chi connectivity index (χ1v) is 6.71. The lowest BCUT2D eigenvalue weighted by molar-refractivity contribution is 0.108. The quantitative estimate of drug-likeness (QED) is 0.426. The Morgan fingerprint density at radius 2 is 2.28 bits per heavy atom. The van der Waals surface area contributed by atoms with Gasteiger partial charge in [-0.3, -0.25) is 4.79 Å². The monoisotopic (exact) mass is 260 g/mol. The number of terminal acetylenes is 1. The van der Waals surface area contributed by atoms with Gasteiger partial charge in [0.25, 0.3) is 0 Å². The van der Waals surface area contributed by atoms with E-state index in [-0.39, 0.29) is 5.12 Å². The molecule has 0 N–H and O–H groups in total. The highest BCUT2D eigenvalue weighted by Gasteiger charge is 2.11. The molecule has 0 aliphatic carbocycles. The number of hydrogen-bond acceptors (Lipinski definition) is 3. The second kappa shape index (κ2) is 8.43. The molecule has 0 aliphatic rings. The lowest BCUT2D eigenvalue weighted by atomic mass is 10.2. The van der Waals surface area contributed by atoms with Crippen LogP contribution in [-0.2, 0) is 0 Å². The first-order valence-electron chi connectivity index (χ1n) is 5.73. The Morgan fingerprint density at radius 3 is 3.00 bits per heavy atom. The molecule has 3 heteroatoms. The highest BCUT2D eigenvalue weighted by molar-refractivity contribution is 8.14. The van der Waals surface area contributed by atoms with E-state index >= 15 is 0 Å². The minimum absolute atomic E-state index is 0.0201. The zero-order valence-electron chi connectivity index (χ0n) is 10.2. The molecule has 0 radical (unpaired) electrons. The van der Waals surface area contributed by atoms with E-state index in [0.717, 1.165) is 12.2 Å². The predicted molar refractivity (Wildman–Crippen MR) is 77.0 cm³/mol. The maximum atomic E-state index is 12.0. The van der Waals surface area contributed by atoms with Crippen molar-refractivity contribution in [3.8, 4) is 18.1 Å². The zero-order valence-corrected chi connectivity index (χ0v) is 11.0. The zero-order chi connectivity index (χ0) is 13.2. The molecule has 94 valence electrons. The SMILES string of the molecule is C#CCCCSC(=O)c1ccccc1OCC=C. The summed E-state index contributed by atoms with van der Waals surface area (Å²) in [5, 5.41) is 0.0201. The van der Waals surface area contributed by atoms with E-state index in [9.17, 15) is 4.79 Å². The molecule has 18 heavy (non-hydrogen) atoms. The van der Waals surface area contributed by atoms with Crippen molar-refractivity contribution in [3.05, 3.63) is 42.5 Å². The maximum absolute atomic E-state index is 12.0. The number of hydrogen-bond donors (Lipinski definition) is 0. The third-order valence-electron chi connectivity index (χ3n) is 2.16. The molecule has 0 saturated carbocycles. The van der Waals surface area contributed by atoms with Gasteiger partial charge in [0.1, 0.15) is 12.4 Å². The van der Waals surface area contributed by atoms with Crippen molar-refractivity contribution in [1.29, 1.82) is 0 Å². The lowest BCUT2D eigenvalue weighted by Crippen LogP contribution is -2.01. The molecule has 0 spiro atoms. The van der Waals surface area contributed by atoms with Crippen LogP contribution >= 0.6 is 11.8 Å². The van der Waals surface area contributed by atoms with Gasteiger partial charge in [-0.15, -0.1) is 12.3 Å². The average Bonchev–Trinajstić information content (AvgIpc) is 2.41. The second-order valence-corrected chi connectivity index (χ2v) is 4.61. The Kier molecular flexibility index (Phi) is 6.75. The first kappa shape index (κ1) is 14.4. The summed E-state index contributed by atoms with van der Waals surface area (Å²) in [6, 6.07) is 7.24. The smallest absolute Gasteiger partial charge is 0.223 e. The van der Waals surface area contributed by atoms with Gasteiger partial charge in [0.2, 0.25) is 5.12 Å². The number of rotatable bonds is 7. The van der Waals surface area contributed by atoms with E-state index in [0.29, 0.717) is 24.3 Å². The van der Waals surface area contributed by atoms with Crippen LogP contribution in [0, 0.1) is 12.3 Å². The van der Waals surface area contributed by atoms with Crippen molar-refractivity contribution in [2.45, 2.75) is 12.8 Å². The Hall–Kier alpha value is -1.66. The largest absolute Gasteiger partial charge is 0.489 e. The number of carbonyl (C=O) groups excluding carboxylic acids is 1. The Morgan fingerprint density at radius 1 is 1.50 bits per heavy atom. The molecule has 0 aromatic heterocycles. The number of para-hydroxylation sites is 1. The van der Waals surface area contributed by atoms with Gasteiger partial charge in [-0.2, -0.15) is 0 Å². The van der Waals surface area contributed by atoms with Crippen molar-refractivity contribution in [3.63, 3.8) is 0 Å². The van der Waals surface area contributed by atoms with Crippen molar-refractivity contribution >= 4 is 16.9 Å². The molecular formula is C15H16O2S.